The molecule has 112 valence electrons. The van der Waals surface area contributed by atoms with Gasteiger partial charge in [0.1, 0.15) is 6.10 Å². The molecule has 0 saturated carbocycles. The standard InChI is InChI=1S/C10H17F2O6P/c1-3-16-19(15,17-4-2)10(11,12)7-5-9(14)18-8(7)6-13/h7-8,13H,3-6H2,1-2H3/t7-,8-/m1/s1. The van der Waals surface area contributed by atoms with Crippen LogP contribution in [0.5, 0.6) is 0 Å². The zero-order valence-corrected chi connectivity index (χ0v) is 11.6. The van der Waals surface area contributed by atoms with Crippen molar-refractivity contribution in [2.45, 2.75) is 32.0 Å². The minimum absolute atomic E-state index is 0.224. The summed E-state index contributed by atoms with van der Waals surface area (Å²) in [5.74, 6) is -2.60. The normalized spacial score (nSPS) is 24.6. The number of esters is 1. The number of carbonyl (C=O) groups is 1. The fourth-order valence-electron chi connectivity index (χ4n) is 1.87. The average Bonchev–Trinajstić information content (AvgIpc) is 2.71. The number of cyclic esters (lactones) is 1. The molecule has 1 N–H and O–H groups in total. The third-order valence-corrected chi connectivity index (χ3v) is 4.97. The Labute approximate surface area is 109 Å². The monoisotopic (exact) mass is 302 g/mol. The first-order valence-electron chi connectivity index (χ1n) is 5.89. The molecule has 0 aromatic heterocycles. The number of halogens is 2. The number of carbonyl (C=O) groups excluding carboxylic acids is 1. The molecule has 1 saturated heterocycles. The van der Waals surface area contributed by atoms with Crippen molar-refractivity contribution in [2.75, 3.05) is 19.8 Å². The van der Waals surface area contributed by atoms with Crippen LogP contribution in [0.25, 0.3) is 0 Å². The Bertz CT molecular complexity index is 365. The molecular formula is C10H17F2O6P. The molecule has 1 rings (SSSR count). The van der Waals surface area contributed by atoms with Gasteiger partial charge in [0, 0.05) is 0 Å². The predicted molar refractivity (Wildman–Crippen MR) is 60.9 cm³/mol. The van der Waals surface area contributed by atoms with Crippen molar-refractivity contribution in [2.24, 2.45) is 5.92 Å². The summed E-state index contributed by atoms with van der Waals surface area (Å²) < 4.78 is 54.5. The Morgan fingerprint density at radius 2 is 1.95 bits per heavy atom. The lowest BCUT2D eigenvalue weighted by molar-refractivity contribution is -0.143. The number of aliphatic hydroxyl groups excluding tert-OH is 1. The van der Waals surface area contributed by atoms with Crippen LogP contribution >= 0.6 is 7.60 Å². The molecular weight excluding hydrogens is 285 g/mol. The zero-order valence-electron chi connectivity index (χ0n) is 10.7. The minimum atomic E-state index is -4.73. The predicted octanol–water partition coefficient (Wildman–Crippen LogP) is 1.77. The minimum Gasteiger partial charge on any atom is -0.459 e. The Morgan fingerprint density at radius 3 is 2.37 bits per heavy atom. The van der Waals surface area contributed by atoms with Gasteiger partial charge in [-0.05, 0) is 13.8 Å². The van der Waals surface area contributed by atoms with Crippen LogP contribution in [0.3, 0.4) is 0 Å². The largest absolute Gasteiger partial charge is 0.459 e. The van der Waals surface area contributed by atoms with Gasteiger partial charge >= 0.3 is 19.2 Å². The molecule has 19 heavy (non-hydrogen) atoms. The lowest BCUT2D eigenvalue weighted by Crippen LogP contribution is -2.37. The number of aliphatic hydroxyl groups is 1. The SMILES string of the molecule is CCOP(=O)(OCC)C(F)(F)[C@@H]1CC(=O)O[C@@H]1CO. The van der Waals surface area contributed by atoms with Crippen LogP contribution in [0.15, 0.2) is 0 Å². The molecule has 0 amide bonds. The van der Waals surface area contributed by atoms with Gasteiger partial charge in [-0.3, -0.25) is 9.36 Å². The zero-order chi connectivity index (χ0) is 14.7. The Balaban J connectivity index is 3.05. The highest BCUT2D eigenvalue weighted by Gasteiger charge is 2.63. The van der Waals surface area contributed by atoms with Crippen molar-refractivity contribution in [3.63, 3.8) is 0 Å². The molecule has 2 atom stereocenters. The highest BCUT2D eigenvalue weighted by Crippen LogP contribution is 2.66. The Kier molecular flexibility index (Phi) is 5.43. The summed E-state index contributed by atoms with van der Waals surface area (Å²) in [6, 6.07) is 0. The molecule has 1 heterocycles. The maximum atomic E-state index is 14.3. The van der Waals surface area contributed by atoms with Gasteiger partial charge in [-0.2, -0.15) is 8.78 Å². The van der Waals surface area contributed by atoms with E-state index >= 15 is 0 Å². The van der Waals surface area contributed by atoms with E-state index in [1.807, 2.05) is 0 Å². The molecule has 9 heteroatoms. The summed E-state index contributed by atoms with van der Waals surface area (Å²) in [7, 11) is -4.73. The van der Waals surface area contributed by atoms with E-state index in [2.05, 4.69) is 13.8 Å². The van der Waals surface area contributed by atoms with Gasteiger partial charge < -0.3 is 18.9 Å². The fourth-order valence-corrected chi connectivity index (χ4v) is 3.64. The second-order valence-corrected chi connectivity index (χ2v) is 6.05. The highest BCUT2D eigenvalue weighted by atomic mass is 31.2. The van der Waals surface area contributed by atoms with Crippen LogP contribution in [0.2, 0.25) is 0 Å². The first-order chi connectivity index (χ1) is 8.82. The maximum absolute atomic E-state index is 14.3. The summed E-state index contributed by atoms with van der Waals surface area (Å²) in [6.07, 6.45) is -2.04. The maximum Gasteiger partial charge on any atom is 0.400 e. The van der Waals surface area contributed by atoms with Crippen molar-refractivity contribution in [3.05, 3.63) is 0 Å². The quantitative estimate of drug-likeness (QED) is 0.570. The van der Waals surface area contributed by atoms with Crippen LogP contribution in [-0.4, -0.2) is 42.7 Å². The first-order valence-corrected chi connectivity index (χ1v) is 7.44. The number of alkyl halides is 2. The molecule has 0 aromatic carbocycles. The van der Waals surface area contributed by atoms with Crippen molar-refractivity contribution in [1.82, 2.24) is 0 Å². The molecule has 0 bridgehead atoms. The summed E-state index contributed by atoms with van der Waals surface area (Å²) in [5.41, 5.74) is -3.90. The molecule has 1 aliphatic rings. The molecule has 6 nitrogen and oxygen atoms in total. The second kappa shape index (κ2) is 6.26. The third-order valence-electron chi connectivity index (χ3n) is 2.71. The molecule has 0 aliphatic carbocycles. The lowest BCUT2D eigenvalue weighted by atomic mass is 10.0. The smallest absolute Gasteiger partial charge is 0.400 e. The van der Waals surface area contributed by atoms with E-state index < -0.39 is 44.3 Å². The van der Waals surface area contributed by atoms with E-state index in [0.717, 1.165) is 0 Å². The van der Waals surface area contributed by atoms with E-state index in [9.17, 15) is 18.1 Å². The van der Waals surface area contributed by atoms with Gasteiger partial charge in [0.15, 0.2) is 0 Å². The Morgan fingerprint density at radius 1 is 1.42 bits per heavy atom. The van der Waals surface area contributed by atoms with Crippen LogP contribution in [0.1, 0.15) is 20.3 Å². The summed E-state index contributed by atoms with van der Waals surface area (Å²) in [5, 5.41) is 8.96. The number of ether oxygens (including phenoxy) is 1. The van der Waals surface area contributed by atoms with Crippen LogP contribution in [0, 0.1) is 5.92 Å². The van der Waals surface area contributed by atoms with Crippen molar-refractivity contribution < 1.29 is 37.0 Å². The van der Waals surface area contributed by atoms with Crippen LogP contribution < -0.4 is 0 Å². The first kappa shape index (κ1) is 16.5. The number of rotatable bonds is 7. The lowest BCUT2D eigenvalue weighted by Gasteiger charge is -2.30. The Hall–Kier alpha value is -0.560. The summed E-state index contributed by atoms with van der Waals surface area (Å²) in [6.45, 7) is 1.59. The molecule has 1 aliphatic heterocycles. The van der Waals surface area contributed by atoms with Gasteiger partial charge in [-0.25, -0.2) is 0 Å². The number of hydrogen-bond donors (Lipinski definition) is 1. The summed E-state index contributed by atoms with van der Waals surface area (Å²) in [4.78, 5) is 11.1. The number of hydrogen-bond acceptors (Lipinski definition) is 6. The highest BCUT2D eigenvalue weighted by molar-refractivity contribution is 7.55. The van der Waals surface area contributed by atoms with Gasteiger partial charge in [-0.1, -0.05) is 0 Å². The van der Waals surface area contributed by atoms with Crippen LogP contribution in [0.4, 0.5) is 8.78 Å². The average molecular weight is 302 g/mol. The van der Waals surface area contributed by atoms with E-state index in [4.69, 9.17) is 5.11 Å². The molecule has 0 radical (unpaired) electrons. The van der Waals surface area contributed by atoms with Gasteiger partial charge in [0.2, 0.25) is 0 Å². The topological polar surface area (TPSA) is 82.1 Å². The van der Waals surface area contributed by atoms with E-state index in [-0.39, 0.29) is 13.2 Å². The van der Waals surface area contributed by atoms with Gasteiger partial charge in [0.25, 0.3) is 0 Å². The van der Waals surface area contributed by atoms with Crippen molar-refractivity contribution in [1.29, 1.82) is 0 Å². The molecule has 0 aromatic rings. The van der Waals surface area contributed by atoms with E-state index in [1.165, 1.54) is 13.8 Å². The van der Waals surface area contributed by atoms with E-state index in [1.54, 1.807) is 0 Å². The van der Waals surface area contributed by atoms with Gasteiger partial charge in [0.05, 0.1) is 32.2 Å². The fraction of sp³-hybridized carbons (Fsp3) is 0.900. The third kappa shape index (κ3) is 3.13. The van der Waals surface area contributed by atoms with Gasteiger partial charge in [-0.15, -0.1) is 0 Å². The summed E-state index contributed by atoms with van der Waals surface area (Å²) >= 11 is 0. The molecule has 0 spiro atoms. The van der Waals surface area contributed by atoms with E-state index in [0.29, 0.717) is 0 Å². The van der Waals surface area contributed by atoms with Crippen molar-refractivity contribution >= 4 is 13.6 Å². The molecule has 0 unspecified atom stereocenters. The molecule has 1 fully saturated rings. The second-order valence-electron chi connectivity index (χ2n) is 3.94. The van der Waals surface area contributed by atoms with Crippen LogP contribution in [-0.2, 0) is 23.1 Å². The van der Waals surface area contributed by atoms with Crippen molar-refractivity contribution in [3.8, 4) is 0 Å².